The van der Waals surface area contributed by atoms with Gasteiger partial charge in [0.05, 0.1) is 0 Å². The maximum atomic E-state index is 2.50. The lowest BCUT2D eigenvalue weighted by Crippen LogP contribution is -2.12. The van der Waals surface area contributed by atoms with E-state index in [1.165, 1.54) is 64.6 Å². The molecule has 0 fully saturated rings. The number of hydrogen-bond acceptors (Lipinski definition) is 0. The van der Waals surface area contributed by atoms with E-state index in [4.69, 9.17) is 0 Å². The van der Waals surface area contributed by atoms with E-state index >= 15 is 0 Å². The summed E-state index contributed by atoms with van der Waals surface area (Å²) in [7, 11) is 0. The van der Waals surface area contributed by atoms with Crippen LogP contribution in [0, 0.1) is 0 Å². The molecule has 0 heterocycles. The lowest BCUT2D eigenvalue weighted by Gasteiger charge is -2.21. The van der Waals surface area contributed by atoms with Crippen LogP contribution in [-0.2, 0) is 24.7 Å². The third kappa shape index (κ3) is 4.53. The van der Waals surface area contributed by atoms with Crippen molar-refractivity contribution in [2.45, 2.75) is 77.6 Å². The van der Waals surface area contributed by atoms with Crippen LogP contribution in [-0.4, -0.2) is 0 Å². The van der Waals surface area contributed by atoms with Crippen molar-refractivity contribution >= 4 is 0 Å². The molecule has 156 valence electrons. The summed E-state index contributed by atoms with van der Waals surface area (Å²) < 4.78 is 0. The Labute approximate surface area is 183 Å². The minimum absolute atomic E-state index is 0.203. The molecular formula is C30H36. The van der Waals surface area contributed by atoms with Crippen LogP contribution in [0.2, 0.25) is 0 Å². The molecule has 0 bridgehead atoms. The van der Waals surface area contributed by atoms with Crippen LogP contribution in [0.1, 0.15) is 80.7 Å². The Morgan fingerprint density at radius 1 is 0.767 bits per heavy atom. The molecule has 3 aromatic rings. The van der Waals surface area contributed by atoms with E-state index in [2.05, 4.69) is 94.4 Å². The van der Waals surface area contributed by atoms with Gasteiger partial charge in [-0.3, -0.25) is 0 Å². The quantitative estimate of drug-likeness (QED) is 0.381. The topological polar surface area (TPSA) is 0 Å². The molecule has 0 saturated carbocycles. The molecule has 0 N–H and O–H groups in total. The van der Waals surface area contributed by atoms with Gasteiger partial charge in [-0.25, -0.2) is 0 Å². The second-order valence-electron chi connectivity index (χ2n) is 10.1. The average Bonchev–Trinajstić information content (AvgIpc) is 2.90. The largest absolute Gasteiger partial charge is 0.0654 e. The standard InChI is InChI=1S/C30H36/c1-5-6-7-10-22-13-18-29-26(19-22)21-25(20-24-11-8-9-12-28(24)29)23-14-16-27(17-15-23)30(2,3)4/h8-9,11-19,25H,5-7,10,20-21H2,1-4H3. The molecule has 1 aliphatic carbocycles. The SMILES string of the molecule is CCCCCc1ccc2c(c1)CC(c1ccc(C(C)(C)C)cc1)Cc1ccccc1-2. The highest BCUT2D eigenvalue weighted by atomic mass is 14.3. The van der Waals surface area contributed by atoms with Gasteiger partial charge >= 0.3 is 0 Å². The Balaban J connectivity index is 1.70. The maximum Gasteiger partial charge on any atom is -0.00806 e. The molecule has 1 aliphatic rings. The fourth-order valence-electron chi connectivity index (χ4n) is 4.87. The highest BCUT2D eigenvalue weighted by Gasteiger charge is 2.23. The van der Waals surface area contributed by atoms with Gasteiger partial charge in [0, 0.05) is 0 Å². The lowest BCUT2D eigenvalue weighted by molar-refractivity contribution is 0.589. The monoisotopic (exact) mass is 396 g/mol. The summed E-state index contributed by atoms with van der Waals surface area (Å²) in [6.07, 6.45) is 7.34. The predicted molar refractivity (Wildman–Crippen MR) is 130 cm³/mol. The van der Waals surface area contributed by atoms with Gasteiger partial charge < -0.3 is 0 Å². The number of aryl methyl sites for hydroxylation is 1. The summed E-state index contributed by atoms with van der Waals surface area (Å²) in [6.45, 7) is 9.16. The summed E-state index contributed by atoms with van der Waals surface area (Å²) in [5.74, 6) is 0.535. The minimum Gasteiger partial charge on any atom is -0.0654 e. The molecule has 0 amide bonds. The van der Waals surface area contributed by atoms with Crippen LogP contribution in [0.4, 0.5) is 0 Å². The van der Waals surface area contributed by atoms with Gasteiger partial charge in [0.1, 0.15) is 0 Å². The van der Waals surface area contributed by atoms with Crippen LogP contribution >= 0.6 is 0 Å². The number of rotatable bonds is 5. The third-order valence-corrected chi connectivity index (χ3v) is 6.73. The van der Waals surface area contributed by atoms with Crippen molar-refractivity contribution in [1.82, 2.24) is 0 Å². The summed E-state index contributed by atoms with van der Waals surface area (Å²) in [5, 5.41) is 0. The van der Waals surface area contributed by atoms with E-state index in [0.717, 1.165) is 12.8 Å². The van der Waals surface area contributed by atoms with Gasteiger partial charge in [-0.1, -0.05) is 107 Å². The van der Waals surface area contributed by atoms with Gasteiger partial charge in [0.25, 0.3) is 0 Å². The highest BCUT2D eigenvalue weighted by molar-refractivity contribution is 5.72. The van der Waals surface area contributed by atoms with Crippen molar-refractivity contribution in [2.75, 3.05) is 0 Å². The first-order valence-corrected chi connectivity index (χ1v) is 11.8. The zero-order valence-corrected chi connectivity index (χ0v) is 19.2. The zero-order chi connectivity index (χ0) is 21.1. The molecule has 0 saturated heterocycles. The summed E-state index contributed by atoms with van der Waals surface area (Å²) >= 11 is 0. The number of benzene rings is 3. The Morgan fingerprint density at radius 2 is 1.47 bits per heavy atom. The minimum atomic E-state index is 0.203. The fourth-order valence-corrected chi connectivity index (χ4v) is 4.87. The van der Waals surface area contributed by atoms with E-state index in [-0.39, 0.29) is 5.41 Å². The second-order valence-corrected chi connectivity index (χ2v) is 10.1. The van der Waals surface area contributed by atoms with Gasteiger partial charge in [0.15, 0.2) is 0 Å². The average molecular weight is 397 g/mol. The molecule has 1 unspecified atom stereocenters. The van der Waals surface area contributed by atoms with Gasteiger partial charge in [0.2, 0.25) is 0 Å². The Kier molecular flexibility index (Phi) is 6.14. The first-order valence-electron chi connectivity index (χ1n) is 11.8. The van der Waals surface area contributed by atoms with E-state index in [1.54, 1.807) is 0 Å². The molecular weight excluding hydrogens is 360 g/mol. The summed E-state index contributed by atoms with van der Waals surface area (Å²) in [6, 6.07) is 25.7. The Hall–Kier alpha value is -2.34. The normalized spacial score (nSPS) is 15.9. The van der Waals surface area contributed by atoms with Crippen LogP contribution in [0.25, 0.3) is 11.1 Å². The van der Waals surface area contributed by atoms with Crippen LogP contribution in [0.15, 0.2) is 66.7 Å². The number of hydrogen-bond donors (Lipinski definition) is 0. The number of unbranched alkanes of at least 4 members (excludes halogenated alkanes) is 2. The van der Waals surface area contributed by atoms with Gasteiger partial charge in [-0.15, -0.1) is 0 Å². The molecule has 0 nitrogen and oxygen atoms in total. The van der Waals surface area contributed by atoms with Crippen LogP contribution in [0.5, 0.6) is 0 Å². The predicted octanol–water partition coefficient (Wildman–Crippen LogP) is 8.27. The first kappa shape index (κ1) is 20.9. The van der Waals surface area contributed by atoms with Crippen molar-refractivity contribution in [3.8, 4) is 11.1 Å². The number of fused-ring (bicyclic) bond motifs is 3. The van der Waals surface area contributed by atoms with Gasteiger partial charge in [-0.2, -0.15) is 0 Å². The molecule has 4 rings (SSSR count). The van der Waals surface area contributed by atoms with Crippen LogP contribution in [0.3, 0.4) is 0 Å². The smallest absolute Gasteiger partial charge is 0.00806 e. The maximum absolute atomic E-state index is 2.50. The van der Waals surface area contributed by atoms with E-state index in [1.807, 2.05) is 0 Å². The van der Waals surface area contributed by atoms with Gasteiger partial charge in [-0.05, 0) is 76.0 Å². The van der Waals surface area contributed by atoms with E-state index in [0.29, 0.717) is 5.92 Å². The Morgan fingerprint density at radius 3 is 2.20 bits per heavy atom. The van der Waals surface area contributed by atoms with Crippen molar-refractivity contribution in [3.63, 3.8) is 0 Å². The van der Waals surface area contributed by atoms with Crippen molar-refractivity contribution in [3.05, 3.63) is 94.5 Å². The van der Waals surface area contributed by atoms with Crippen molar-refractivity contribution in [2.24, 2.45) is 0 Å². The van der Waals surface area contributed by atoms with E-state index in [9.17, 15) is 0 Å². The molecule has 30 heavy (non-hydrogen) atoms. The van der Waals surface area contributed by atoms with Crippen molar-refractivity contribution in [1.29, 1.82) is 0 Å². The fraction of sp³-hybridized carbons (Fsp3) is 0.400. The molecule has 0 spiro atoms. The third-order valence-electron chi connectivity index (χ3n) is 6.73. The Bertz CT molecular complexity index is 985. The first-order chi connectivity index (χ1) is 14.5. The van der Waals surface area contributed by atoms with Crippen molar-refractivity contribution < 1.29 is 0 Å². The van der Waals surface area contributed by atoms with Crippen LogP contribution < -0.4 is 0 Å². The molecule has 1 atom stereocenters. The molecule has 0 radical (unpaired) electrons. The summed E-state index contributed by atoms with van der Waals surface area (Å²) in [4.78, 5) is 0. The molecule has 0 aromatic heterocycles. The van der Waals surface area contributed by atoms with E-state index < -0.39 is 0 Å². The molecule has 3 aromatic carbocycles. The molecule has 0 heteroatoms. The second kappa shape index (κ2) is 8.80. The summed E-state index contributed by atoms with van der Waals surface area (Å²) in [5.41, 5.74) is 10.5. The highest BCUT2D eigenvalue weighted by Crippen LogP contribution is 2.39. The zero-order valence-electron chi connectivity index (χ0n) is 19.2. The lowest BCUT2D eigenvalue weighted by atomic mass is 9.83. The molecule has 0 aliphatic heterocycles.